The maximum Gasteiger partial charge on any atom is 0.123 e. The smallest absolute Gasteiger partial charge is 0.123 e. The first-order valence-corrected chi connectivity index (χ1v) is 6.84. The summed E-state index contributed by atoms with van der Waals surface area (Å²) in [6.07, 6.45) is 1.91. The largest absolute Gasteiger partial charge is 0.378 e. The highest BCUT2D eigenvalue weighted by Gasteiger charge is 2.11. The summed E-state index contributed by atoms with van der Waals surface area (Å²) in [5, 5.41) is 3.53. The van der Waals surface area contributed by atoms with E-state index in [1.165, 1.54) is 11.6 Å². The Hall–Kier alpha value is -1.83. The van der Waals surface area contributed by atoms with Crippen LogP contribution in [0.2, 0.25) is 0 Å². The lowest BCUT2D eigenvalue weighted by molar-refractivity contribution is 0.620. The van der Waals surface area contributed by atoms with Gasteiger partial charge in [0.2, 0.25) is 0 Å². The van der Waals surface area contributed by atoms with Crippen molar-refractivity contribution >= 4 is 5.69 Å². The van der Waals surface area contributed by atoms with Crippen LogP contribution in [0, 0.1) is 5.82 Å². The second-order valence-electron chi connectivity index (χ2n) is 4.67. The Balaban J connectivity index is 2.24. The zero-order valence-corrected chi connectivity index (χ0v) is 11.5. The van der Waals surface area contributed by atoms with Gasteiger partial charge in [-0.1, -0.05) is 44.2 Å². The van der Waals surface area contributed by atoms with E-state index in [4.69, 9.17) is 0 Å². The molecule has 100 valence electrons. The maximum atomic E-state index is 13.3. The number of hydrogen-bond acceptors (Lipinski definition) is 1. The minimum atomic E-state index is -0.179. The topological polar surface area (TPSA) is 12.0 Å². The van der Waals surface area contributed by atoms with Gasteiger partial charge in [-0.25, -0.2) is 4.39 Å². The number of anilines is 1. The molecule has 0 saturated carbocycles. The van der Waals surface area contributed by atoms with E-state index < -0.39 is 0 Å². The standard InChI is InChI=1S/C17H20FN/c1-3-13-8-5-6-11-17(13)19-16(4-2)14-9-7-10-15(18)12-14/h5-12,16,19H,3-4H2,1-2H3. The molecule has 1 nitrogen and oxygen atoms in total. The van der Waals surface area contributed by atoms with Crippen LogP contribution < -0.4 is 5.32 Å². The third kappa shape index (κ3) is 3.34. The molecule has 0 heterocycles. The summed E-state index contributed by atoms with van der Waals surface area (Å²) in [5.41, 5.74) is 3.42. The first-order valence-electron chi connectivity index (χ1n) is 6.84. The van der Waals surface area contributed by atoms with Crippen molar-refractivity contribution in [2.45, 2.75) is 32.7 Å². The molecular formula is C17H20FN. The molecule has 1 N–H and O–H groups in total. The van der Waals surface area contributed by atoms with Gasteiger partial charge in [-0.05, 0) is 42.2 Å². The van der Waals surface area contributed by atoms with Crippen molar-refractivity contribution in [2.24, 2.45) is 0 Å². The first kappa shape index (κ1) is 13.6. The van der Waals surface area contributed by atoms with E-state index in [9.17, 15) is 4.39 Å². The van der Waals surface area contributed by atoms with Crippen LogP contribution in [0.3, 0.4) is 0 Å². The fourth-order valence-corrected chi connectivity index (χ4v) is 2.30. The van der Waals surface area contributed by atoms with Gasteiger partial charge in [0.1, 0.15) is 5.82 Å². The predicted molar refractivity (Wildman–Crippen MR) is 78.9 cm³/mol. The van der Waals surface area contributed by atoms with Gasteiger partial charge in [0.25, 0.3) is 0 Å². The second-order valence-corrected chi connectivity index (χ2v) is 4.67. The number of aryl methyl sites for hydroxylation is 1. The van der Waals surface area contributed by atoms with Crippen molar-refractivity contribution in [3.63, 3.8) is 0 Å². The van der Waals surface area contributed by atoms with E-state index in [0.717, 1.165) is 24.1 Å². The molecule has 0 aliphatic heterocycles. The molecule has 2 aromatic carbocycles. The number of hydrogen-bond donors (Lipinski definition) is 1. The van der Waals surface area contributed by atoms with Crippen molar-refractivity contribution < 1.29 is 4.39 Å². The Bertz CT molecular complexity index is 536. The highest BCUT2D eigenvalue weighted by atomic mass is 19.1. The van der Waals surface area contributed by atoms with Crippen LogP contribution >= 0.6 is 0 Å². The lowest BCUT2D eigenvalue weighted by atomic mass is 10.0. The number of halogens is 1. The predicted octanol–water partition coefficient (Wildman–Crippen LogP) is 4.95. The molecule has 0 saturated heterocycles. The fraction of sp³-hybridized carbons (Fsp3) is 0.294. The third-order valence-corrected chi connectivity index (χ3v) is 3.39. The second kappa shape index (κ2) is 6.37. The molecule has 2 rings (SSSR count). The van der Waals surface area contributed by atoms with Crippen LogP contribution in [0.4, 0.5) is 10.1 Å². The summed E-state index contributed by atoms with van der Waals surface area (Å²) in [4.78, 5) is 0. The minimum absolute atomic E-state index is 0.142. The van der Waals surface area contributed by atoms with E-state index >= 15 is 0 Å². The van der Waals surface area contributed by atoms with Crippen LogP contribution in [0.1, 0.15) is 37.4 Å². The Kier molecular flexibility index (Phi) is 4.56. The number of para-hydroxylation sites is 1. The summed E-state index contributed by atoms with van der Waals surface area (Å²) in [6, 6.07) is 15.3. The average Bonchev–Trinajstić information content (AvgIpc) is 2.45. The molecule has 2 aromatic rings. The fourth-order valence-electron chi connectivity index (χ4n) is 2.30. The summed E-state index contributed by atoms with van der Waals surface area (Å²) in [6.45, 7) is 4.25. The Morgan fingerprint density at radius 3 is 2.53 bits per heavy atom. The lowest BCUT2D eigenvalue weighted by Crippen LogP contribution is -2.11. The van der Waals surface area contributed by atoms with E-state index in [-0.39, 0.29) is 11.9 Å². The van der Waals surface area contributed by atoms with E-state index in [2.05, 4.69) is 31.3 Å². The zero-order chi connectivity index (χ0) is 13.7. The molecule has 0 aromatic heterocycles. The van der Waals surface area contributed by atoms with E-state index in [1.807, 2.05) is 18.2 Å². The first-order chi connectivity index (χ1) is 9.24. The number of nitrogens with one attached hydrogen (secondary N) is 1. The summed E-state index contributed by atoms with van der Waals surface area (Å²) in [7, 11) is 0. The van der Waals surface area contributed by atoms with Crippen LogP contribution in [0.25, 0.3) is 0 Å². The number of benzene rings is 2. The van der Waals surface area contributed by atoms with Crippen LogP contribution in [0.5, 0.6) is 0 Å². The summed E-state index contributed by atoms with van der Waals surface area (Å²) in [5.74, 6) is -0.179. The van der Waals surface area contributed by atoms with E-state index in [1.54, 1.807) is 12.1 Å². The monoisotopic (exact) mass is 257 g/mol. The molecule has 0 fully saturated rings. The molecule has 0 aliphatic rings. The van der Waals surface area contributed by atoms with Gasteiger partial charge >= 0.3 is 0 Å². The molecule has 0 bridgehead atoms. The summed E-state index contributed by atoms with van der Waals surface area (Å²) < 4.78 is 13.3. The van der Waals surface area contributed by atoms with Gasteiger partial charge in [0.15, 0.2) is 0 Å². The van der Waals surface area contributed by atoms with Gasteiger partial charge in [-0.15, -0.1) is 0 Å². The Labute approximate surface area is 114 Å². The quantitative estimate of drug-likeness (QED) is 0.799. The molecular weight excluding hydrogens is 237 g/mol. The normalized spacial score (nSPS) is 12.2. The minimum Gasteiger partial charge on any atom is -0.378 e. The molecule has 2 heteroatoms. The molecule has 19 heavy (non-hydrogen) atoms. The van der Waals surface area contributed by atoms with Crippen LogP contribution in [0.15, 0.2) is 48.5 Å². The molecule has 1 atom stereocenters. The molecule has 0 spiro atoms. The van der Waals surface area contributed by atoms with Crippen LogP contribution in [-0.4, -0.2) is 0 Å². The van der Waals surface area contributed by atoms with Crippen molar-refractivity contribution in [1.82, 2.24) is 0 Å². The van der Waals surface area contributed by atoms with Gasteiger partial charge in [0, 0.05) is 5.69 Å². The van der Waals surface area contributed by atoms with Crippen LogP contribution in [-0.2, 0) is 6.42 Å². The van der Waals surface area contributed by atoms with Crippen molar-refractivity contribution in [3.05, 3.63) is 65.5 Å². The molecule has 0 aliphatic carbocycles. The van der Waals surface area contributed by atoms with Gasteiger partial charge in [0.05, 0.1) is 6.04 Å². The SMILES string of the molecule is CCc1ccccc1NC(CC)c1cccc(F)c1. The maximum absolute atomic E-state index is 13.3. The van der Waals surface area contributed by atoms with Crippen molar-refractivity contribution in [1.29, 1.82) is 0 Å². The Morgan fingerprint density at radius 2 is 1.84 bits per heavy atom. The van der Waals surface area contributed by atoms with Gasteiger partial charge in [-0.2, -0.15) is 0 Å². The van der Waals surface area contributed by atoms with E-state index in [0.29, 0.717) is 0 Å². The lowest BCUT2D eigenvalue weighted by Gasteiger charge is -2.20. The zero-order valence-electron chi connectivity index (χ0n) is 11.5. The molecule has 1 unspecified atom stereocenters. The molecule has 0 amide bonds. The third-order valence-electron chi connectivity index (χ3n) is 3.39. The van der Waals surface area contributed by atoms with Crippen molar-refractivity contribution in [3.8, 4) is 0 Å². The highest BCUT2D eigenvalue weighted by Crippen LogP contribution is 2.25. The average molecular weight is 257 g/mol. The van der Waals surface area contributed by atoms with Gasteiger partial charge in [-0.3, -0.25) is 0 Å². The summed E-state index contributed by atoms with van der Waals surface area (Å²) >= 11 is 0. The van der Waals surface area contributed by atoms with Crippen molar-refractivity contribution in [2.75, 3.05) is 5.32 Å². The number of rotatable bonds is 5. The Morgan fingerprint density at radius 1 is 1.05 bits per heavy atom. The molecule has 0 radical (unpaired) electrons. The highest BCUT2D eigenvalue weighted by molar-refractivity contribution is 5.52. The van der Waals surface area contributed by atoms with Gasteiger partial charge < -0.3 is 5.32 Å².